The molecule has 0 saturated heterocycles. The van der Waals surface area contributed by atoms with E-state index in [4.69, 9.17) is 10.2 Å². The van der Waals surface area contributed by atoms with Crippen molar-refractivity contribution in [2.45, 2.75) is 45.4 Å². The van der Waals surface area contributed by atoms with Gasteiger partial charge in [-0.05, 0) is 30.3 Å². The third-order valence-corrected chi connectivity index (χ3v) is 8.25. The van der Waals surface area contributed by atoms with Crippen LogP contribution in [0.2, 0.25) is 18.1 Å². The summed E-state index contributed by atoms with van der Waals surface area (Å²) in [6.45, 7) is 10.8. The predicted octanol–water partition coefficient (Wildman–Crippen LogP) is 4.43. The molecule has 1 rings (SSSR count). The van der Waals surface area contributed by atoms with E-state index in [1.54, 1.807) is 0 Å². The highest BCUT2D eigenvalue weighted by atomic mass is 79.9. The van der Waals surface area contributed by atoms with Crippen molar-refractivity contribution in [2.75, 3.05) is 0 Å². The quantitative estimate of drug-likeness (QED) is 0.830. The molecule has 18 heavy (non-hydrogen) atoms. The number of halogens is 2. The molecular weight excluding hydrogens is 313 g/mol. The minimum atomic E-state index is -2.05. The van der Waals surface area contributed by atoms with Gasteiger partial charge in [0.2, 0.25) is 0 Å². The molecule has 0 aliphatic rings. The zero-order valence-electron chi connectivity index (χ0n) is 11.6. The molecule has 5 heteroatoms. The van der Waals surface area contributed by atoms with Crippen molar-refractivity contribution in [3.63, 3.8) is 0 Å². The Kier molecular flexibility index (Phi) is 4.62. The van der Waals surface area contributed by atoms with Gasteiger partial charge in [-0.2, -0.15) is 0 Å². The summed E-state index contributed by atoms with van der Waals surface area (Å²) < 4.78 is 20.7. The van der Waals surface area contributed by atoms with Crippen LogP contribution in [-0.4, -0.2) is 8.32 Å². The predicted molar refractivity (Wildman–Crippen MR) is 79.8 cm³/mol. The van der Waals surface area contributed by atoms with Crippen LogP contribution in [0.5, 0.6) is 5.75 Å². The third kappa shape index (κ3) is 3.33. The number of hydrogen-bond acceptors (Lipinski definition) is 2. The Hall–Kier alpha value is -0.393. The summed E-state index contributed by atoms with van der Waals surface area (Å²) in [7, 11) is -2.05. The third-order valence-electron chi connectivity index (χ3n) is 3.47. The second-order valence-electron chi connectivity index (χ2n) is 5.94. The lowest BCUT2D eigenvalue weighted by Gasteiger charge is -2.37. The topological polar surface area (TPSA) is 35.2 Å². The fraction of sp³-hybridized carbons (Fsp3) is 0.538. The van der Waals surface area contributed by atoms with Gasteiger partial charge in [-0.15, -0.1) is 0 Å². The van der Waals surface area contributed by atoms with Gasteiger partial charge < -0.3 is 10.2 Å². The molecule has 0 atom stereocenters. The molecule has 0 saturated carbocycles. The number of hydrogen-bond donors (Lipinski definition) is 1. The Morgan fingerprint density at radius 1 is 1.33 bits per heavy atom. The summed E-state index contributed by atoms with van der Waals surface area (Å²) in [4.78, 5) is 0. The summed E-state index contributed by atoms with van der Waals surface area (Å²) in [6, 6.07) is 3.23. The standard InChI is InChI=1S/C13H21BrFNOSi/c1-13(2,3)18(4,5)17-12-9(8-16)6-10(14)7-11(12)15/h6-7H,8,16H2,1-5H3. The second-order valence-corrected chi connectivity index (χ2v) is 11.6. The fourth-order valence-corrected chi connectivity index (χ4v) is 2.81. The maximum absolute atomic E-state index is 14.0. The molecular formula is C13H21BrFNOSi. The van der Waals surface area contributed by atoms with Crippen LogP contribution in [0.1, 0.15) is 26.3 Å². The molecule has 2 N–H and O–H groups in total. The monoisotopic (exact) mass is 333 g/mol. The Labute approximate surface area is 118 Å². The van der Waals surface area contributed by atoms with Gasteiger partial charge in [0, 0.05) is 16.6 Å². The van der Waals surface area contributed by atoms with Crippen molar-refractivity contribution >= 4 is 24.2 Å². The maximum Gasteiger partial charge on any atom is 0.250 e. The van der Waals surface area contributed by atoms with Crippen molar-refractivity contribution < 1.29 is 8.82 Å². The van der Waals surface area contributed by atoms with Gasteiger partial charge in [0.15, 0.2) is 5.82 Å². The van der Waals surface area contributed by atoms with E-state index in [0.29, 0.717) is 15.8 Å². The molecule has 102 valence electrons. The van der Waals surface area contributed by atoms with Crippen molar-refractivity contribution in [1.29, 1.82) is 0 Å². The fourth-order valence-electron chi connectivity index (χ4n) is 1.29. The smallest absolute Gasteiger partial charge is 0.250 e. The van der Waals surface area contributed by atoms with Crippen LogP contribution in [-0.2, 0) is 6.54 Å². The maximum atomic E-state index is 14.0. The summed E-state index contributed by atoms with van der Waals surface area (Å²) >= 11 is 3.27. The van der Waals surface area contributed by atoms with Gasteiger partial charge in [-0.1, -0.05) is 36.7 Å². The molecule has 0 bridgehead atoms. The highest BCUT2D eigenvalue weighted by molar-refractivity contribution is 9.10. The van der Waals surface area contributed by atoms with E-state index in [9.17, 15) is 4.39 Å². The average Bonchev–Trinajstić information content (AvgIpc) is 2.19. The summed E-state index contributed by atoms with van der Waals surface area (Å²) in [6.07, 6.45) is 0. The zero-order chi connectivity index (χ0) is 14.1. The first kappa shape index (κ1) is 15.7. The number of benzene rings is 1. The Bertz CT molecular complexity index is 443. The Morgan fingerprint density at radius 3 is 2.33 bits per heavy atom. The Morgan fingerprint density at radius 2 is 1.89 bits per heavy atom. The van der Waals surface area contributed by atoms with Crippen molar-refractivity contribution in [3.05, 3.63) is 28.0 Å². The van der Waals surface area contributed by atoms with Gasteiger partial charge in [0.1, 0.15) is 5.75 Å². The first-order chi connectivity index (χ1) is 8.08. The molecule has 1 aromatic rings. The Balaban J connectivity index is 3.19. The van der Waals surface area contributed by atoms with Gasteiger partial charge in [0.05, 0.1) is 0 Å². The summed E-state index contributed by atoms with van der Waals surface area (Å²) in [5.74, 6) is -0.0399. The molecule has 0 aromatic heterocycles. The largest absolute Gasteiger partial charge is 0.541 e. The molecule has 0 spiro atoms. The molecule has 2 nitrogen and oxygen atoms in total. The molecule has 0 heterocycles. The van der Waals surface area contributed by atoms with E-state index in [1.807, 2.05) is 6.07 Å². The average molecular weight is 334 g/mol. The molecule has 0 aliphatic heterocycles. The van der Waals surface area contributed by atoms with Crippen LogP contribution in [0.3, 0.4) is 0 Å². The van der Waals surface area contributed by atoms with Crippen LogP contribution in [0, 0.1) is 5.82 Å². The van der Waals surface area contributed by atoms with E-state index in [1.165, 1.54) is 6.07 Å². The lowest BCUT2D eigenvalue weighted by atomic mass is 10.2. The van der Waals surface area contributed by atoms with Crippen molar-refractivity contribution in [1.82, 2.24) is 0 Å². The molecule has 1 aromatic carbocycles. The zero-order valence-corrected chi connectivity index (χ0v) is 14.2. The molecule has 0 amide bonds. The lowest BCUT2D eigenvalue weighted by Crippen LogP contribution is -2.44. The van der Waals surface area contributed by atoms with Gasteiger partial charge in [0.25, 0.3) is 8.32 Å². The van der Waals surface area contributed by atoms with Crippen molar-refractivity contribution in [2.24, 2.45) is 5.73 Å². The lowest BCUT2D eigenvalue weighted by molar-refractivity contribution is 0.451. The van der Waals surface area contributed by atoms with E-state index in [0.717, 1.165) is 0 Å². The molecule has 0 unspecified atom stereocenters. The number of rotatable bonds is 3. The van der Waals surface area contributed by atoms with Crippen LogP contribution >= 0.6 is 15.9 Å². The first-order valence-electron chi connectivity index (χ1n) is 5.95. The van der Waals surface area contributed by atoms with E-state index in [2.05, 4.69) is 49.8 Å². The molecule has 0 fully saturated rings. The van der Waals surface area contributed by atoms with Crippen molar-refractivity contribution in [3.8, 4) is 5.75 Å². The van der Waals surface area contributed by atoms with Gasteiger partial charge >= 0.3 is 0 Å². The van der Waals surface area contributed by atoms with Gasteiger partial charge in [-0.3, -0.25) is 0 Å². The highest BCUT2D eigenvalue weighted by Gasteiger charge is 2.39. The van der Waals surface area contributed by atoms with E-state index >= 15 is 0 Å². The number of nitrogens with two attached hydrogens (primary N) is 1. The van der Waals surface area contributed by atoms with Gasteiger partial charge in [-0.25, -0.2) is 4.39 Å². The van der Waals surface area contributed by atoms with Crippen LogP contribution < -0.4 is 10.2 Å². The summed E-state index contributed by atoms with van der Waals surface area (Å²) in [5, 5.41) is 0.0262. The first-order valence-corrected chi connectivity index (χ1v) is 9.65. The second kappa shape index (κ2) is 5.31. The van der Waals surface area contributed by atoms with E-state index in [-0.39, 0.29) is 17.4 Å². The molecule has 0 aliphatic carbocycles. The van der Waals surface area contributed by atoms with E-state index < -0.39 is 8.32 Å². The highest BCUT2D eigenvalue weighted by Crippen LogP contribution is 2.39. The van der Waals surface area contributed by atoms with Crippen LogP contribution in [0.15, 0.2) is 16.6 Å². The van der Waals surface area contributed by atoms with Crippen LogP contribution in [0.4, 0.5) is 4.39 Å². The minimum Gasteiger partial charge on any atom is -0.541 e. The summed E-state index contributed by atoms with van der Waals surface area (Å²) in [5.41, 5.74) is 6.36. The normalized spacial score (nSPS) is 12.7. The SMILES string of the molecule is CC(C)(C)[Si](C)(C)Oc1c(F)cc(Br)cc1CN. The minimum absolute atomic E-state index is 0.0262. The van der Waals surface area contributed by atoms with Crippen LogP contribution in [0.25, 0.3) is 0 Å². The molecule has 0 radical (unpaired) electrons.